The van der Waals surface area contributed by atoms with E-state index in [2.05, 4.69) is 20.6 Å². The second-order valence-electron chi connectivity index (χ2n) is 5.60. The van der Waals surface area contributed by atoms with E-state index in [0.29, 0.717) is 18.1 Å². The number of anilines is 1. The predicted molar refractivity (Wildman–Crippen MR) is 94.4 cm³/mol. The van der Waals surface area contributed by atoms with Crippen molar-refractivity contribution in [3.05, 3.63) is 47.8 Å². The zero-order chi connectivity index (χ0) is 17.4. The highest BCUT2D eigenvalue weighted by molar-refractivity contribution is 5.93. The van der Waals surface area contributed by atoms with Gasteiger partial charge in [0.2, 0.25) is 5.95 Å². The lowest BCUT2D eigenvalue weighted by Gasteiger charge is -2.11. The van der Waals surface area contributed by atoms with Crippen LogP contribution in [0.1, 0.15) is 36.2 Å². The van der Waals surface area contributed by atoms with Gasteiger partial charge < -0.3 is 15.4 Å². The second-order valence-corrected chi connectivity index (χ2v) is 5.60. The average Bonchev–Trinajstić information content (AvgIpc) is 2.62. The highest BCUT2D eigenvalue weighted by Gasteiger charge is 2.09. The zero-order valence-electron chi connectivity index (χ0n) is 14.4. The normalized spacial score (nSPS) is 11.6. The summed E-state index contributed by atoms with van der Waals surface area (Å²) in [5, 5.41) is 6.04. The molecular weight excluding hydrogens is 304 g/mol. The van der Waals surface area contributed by atoms with Crippen LogP contribution >= 0.6 is 0 Å². The molecule has 6 heteroatoms. The minimum atomic E-state index is -0.144. The number of nitrogens with zero attached hydrogens (tertiary/aromatic N) is 2. The maximum absolute atomic E-state index is 12.0. The van der Waals surface area contributed by atoms with Gasteiger partial charge in [-0.2, -0.15) is 0 Å². The first-order chi connectivity index (χ1) is 11.6. The molecule has 2 rings (SSSR count). The quantitative estimate of drug-likeness (QED) is 0.779. The van der Waals surface area contributed by atoms with Gasteiger partial charge in [0.1, 0.15) is 5.75 Å². The molecule has 1 unspecified atom stereocenters. The maximum Gasteiger partial charge on any atom is 0.254 e. The molecule has 0 aliphatic carbocycles. The topological polar surface area (TPSA) is 76.1 Å². The fraction of sp³-hybridized carbons (Fsp3) is 0.389. The molecule has 1 aromatic carbocycles. The molecule has 0 aliphatic heterocycles. The number of nitrogens with one attached hydrogen (secondary N) is 2. The molecule has 0 aliphatic rings. The van der Waals surface area contributed by atoms with Crippen LogP contribution in [0.4, 0.5) is 5.95 Å². The van der Waals surface area contributed by atoms with Crippen molar-refractivity contribution < 1.29 is 9.53 Å². The van der Waals surface area contributed by atoms with Crippen molar-refractivity contribution in [1.29, 1.82) is 0 Å². The number of carbonyl (C=O) groups excluding carboxylic acids is 1. The van der Waals surface area contributed by atoms with Gasteiger partial charge in [-0.15, -0.1) is 0 Å². The number of ether oxygens (including phenoxy) is 1. The summed E-state index contributed by atoms with van der Waals surface area (Å²) in [4.78, 5) is 20.3. The van der Waals surface area contributed by atoms with Gasteiger partial charge in [0.25, 0.3) is 5.91 Å². The molecule has 0 spiro atoms. The van der Waals surface area contributed by atoms with Crippen LogP contribution < -0.4 is 15.4 Å². The van der Waals surface area contributed by atoms with Crippen LogP contribution in [0.25, 0.3) is 0 Å². The van der Waals surface area contributed by atoms with Crippen molar-refractivity contribution in [2.75, 3.05) is 19.0 Å². The summed E-state index contributed by atoms with van der Waals surface area (Å²) in [6.45, 7) is 4.70. The molecule has 0 bridgehead atoms. The standard InChI is InChI=1S/C18H24N4O2/c1-4-13(2)22-17(23)15-11-20-18(21-12-15)19-10-9-14-5-7-16(24-3)8-6-14/h5-8,11-13H,4,9-10H2,1-3H3,(H,22,23)(H,19,20,21). The highest BCUT2D eigenvalue weighted by atomic mass is 16.5. The number of carbonyl (C=O) groups is 1. The Morgan fingerprint density at radius 1 is 1.21 bits per heavy atom. The monoisotopic (exact) mass is 328 g/mol. The summed E-state index contributed by atoms with van der Waals surface area (Å²) >= 11 is 0. The molecule has 0 fully saturated rings. The number of benzene rings is 1. The summed E-state index contributed by atoms with van der Waals surface area (Å²) in [7, 11) is 1.65. The molecule has 0 saturated carbocycles. The summed E-state index contributed by atoms with van der Waals surface area (Å²) < 4.78 is 5.14. The first kappa shape index (κ1) is 17.7. The van der Waals surface area contributed by atoms with E-state index in [-0.39, 0.29) is 11.9 Å². The van der Waals surface area contributed by atoms with E-state index >= 15 is 0 Å². The summed E-state index contributed by atoms with van der Waals surface area (Å²) in [5.41, 5.74) is 1.67. The van der Waals surface area contributed by atoms with E-state index < -0.39 is 0 Å². The Bertz CT molecular complexity index is 641. The Morgan fingerprint density at radius 3 is 2.46 bits per heavy atom. The van der Waals surface area contributed by atoms with E-state index in [1.807, 2.05) is 38.1 Å². The number of aromatic nitrogens is 2. The second kappa shape index (κ2) is 8.86. The Hall–Kier alpha value is -2.63. The lowest BCUT2D eigenvalue weighted by molar-refractivity contribution is 0.0938. The molecule has 128 valence electrons. The first-order valence-corrected chi connectivity index (χ1v) is 8.12. The Balaban J connectivity index is 1.81. The Labute approximate surface area is 142 Å². The molecule has 0 saturated heterocycles. The summed E-state index contributed by atoms with van der Waals surface area (Å²) in [6.07, 6.45) is 4.82. The fourth-order valence-corrected chi connectivity index (χ4v) is 2.06. The van der Waals surface area contributed by atoms with Gasteiger partial charge in [0.15, 0.2) is 0 Å². The van der Waals surface area contributed by atoms with Crippen LogP contribution in [-0.2, 0) is 6.42 Å². The first-order valence-electron chi connectivity index (χ1n) is 8.12. The summed E-state index contributed by atoms with van der Waals surface area (Å²) in [5.74, 6) is 1.22. The highest BCUT2D eigenvalue weighted by Crippen LogP contribution is 2.11. The van der Waals surface area contributed by atoms with Crippen molar-refractivity contribution in [3.63, 3.8) is 0 Å². The Morgan fingerprint density at radius 2 is 1.88 bits per heavy atom. The number of hydrogen-bond donors (Lipinski definition) is 2. The van der Waals surface area contributed by atoms with Crippen molar-refractivity contribution in [2.45, 2.75) is 32.7 Å². The third-order valence-corrected chi connectivity index (χ3v) is 3.76. The maximum atomic E-state index is 12.0. The van der Waals surface area contributed by atoms with E-state index in [0.717, 1.165) is 18.6 Å². The van der Waals surface area contributed by atoms with E-state index in [4.69, 9.17) is 4.74 Å². The molecule has 2 N–H and O–H groups in total. The van der Waals surface area contributed by atoms with E-state index in [1.165, 1.54) is 5.56 Å². The SMILES string of the molecule is CCC(C)NC(=O)c1cnc(NCCc2ccc(OC)cc2)nc1. The summed E-state index contributed by atoms with van der Waals surface area (Å²) in [6, 6.07) is 8.08. The van der Waals surface area contributed by atoms with Gasteiger partial charge in [0, 0.05) is 25.0 Å². The van der Waals surface area contributed by atoms with Crippen LogP contribution in [0.2, 0.25) is 0 Å². The number of amides is 1. The molecule has 1 heterocycles. The third kappa shape index (κ3) is 5.22. The predicted octanol–water partition coefficient (Wildman–Crippen LogP) is 2.67. The minimum Gasteiger partial charge on any atom is -0.497 e. The lowest BCUT2D eigenvalue weighted by atomic mass is 10.1. The molecule has 1 atom stereocenters. The average molecular weight is 328 g/mol. The molecule has 6 nitrogen and oxygen atoms in total. The fourth-order valence-electron chi connectivity index (χ4n) is 2.06. The Kier molecular flexibility index (Phi) is 6.54. The number of rotatable bonds is 8. The van der Waals surface area contributed by atoms with E-state index in [1.54, 1.807) is 19.5 Å². The number of methoxy groups -OCH3 is 1. The lowest BCUT2D eigenvalue weighted by Crippen LogP contribution is -2.32. The zero-order valence-corrected chi connectivity index (χ0v) is 14.4. The molecule has 1 amide bonds. The van der Waals surface area contributed by atoms with Gasteiger partial charge in [-0.3, -0.25) is 4.79 Å². The van der Waals surface area contributed by atoms with Crippen molar-refractivity contribution in [1.82, 2.24) is 15.3 Å². The smallest absolute Gasteiger partial charge is 0.254 e. The van der Waals surface area contributed by atoms with Gasteiger partial charge >= 0.3 is 0 Å². The number of hydrogen-bond acceptors (Lipinski definition) is 5. The van der Waals surface area contributed by atoms with Crippen LogP contribution in [-0.4, -0.2) is 35.6 Å². The van der Waals surface area contributed by atoms with Gasteiger partial charge in [0.05, 0.1) is 12.7 Å². The largest absolute Gasteiger partial charge is 0.497 e. The van der Waals surface area contributed by atoms with Crippen molar-refractivity contribution >= 4 is 11.9 Å². The molecule has 0 radical (unpaired) electrons. The van der Waals surface area contributed by atoms with Crippen LogP contribution in [0, 0.1) is 0 Å². The van der Waals surface area contributed by atoms with Gasteiger partial charge in [-0.1, -0.05) is 19.1 Å². The van der Waals surface area contributed by atoms with Gasteiger partial charge in [-0.25, -0.2) is 9.97 Å². The molecular formula is C18H24N4O2. The van der Waals surface area contributed by atoms with Crippen LogP contribution in [0.5, 0.6) is 5.75 Å². The third-order valence-electron chi connectivity index (χ3n) is 3.76. The van der Waals surface area contributed by atoms with E-state index in [9.17, 15) is 4.79 Å². The van der Waals surface area contributed by atoms with Crippen molar-refractivity contribution in [3.8, 4) is 5.75 Å². The molecule has 2 aromatic rings. The molecule has 1 aromatic heterocycles. The van der Waals surface area contributed by atoms with Crippen molar-refractivity contribution in [2.24, 2.45) is 0 Å². The van der Waals surface area contributed by atoms with Crippen LogP contribution in [0.15, 0.2) is 36.7 Å². The minimum absolute atomic E-state index is 0.139. The molecule has 24 heavy (non-hydrogen) atoms. The van der Waals surface area contributed by atoms with Crippen LogP contribution in [0.3, 0.4) is 0 Å². The van der Waals surface area contributed by atoms with Gasteiger partial charge in [-0.05, 0) is 37.5 Å².